The number of nitrogens with zero attached hydrogens (tertiary/aromatic N) is 1. The first-order valence-electron chi connectivity index (χ1n) is 7.31. The number of halogens is 1. The summed E-state index contributed by atoms with van der Waals surface area (Å²) in [4.78, 5) is 37.6. The molecule has 1 aromatic heterocycles. The van der Waals surface area contributed by atoms with Gasteiger partial charge in [0.2, 0.25) is 5.78 Å². The summed E-state index contributed by atoms with van der Waals surface area (Å²) in [5.74, 6) is -1.34. The Bertz CT molecular complexity index is 872. The molecule has 1 aromatic carbocycles. The van der Waals surface area contributed by atoms with E-state index in [0.29, 0.717) is 27.6 Å². The van der Waals surface area contributed by atoms with Gasteiger partial charge < -0.3 is 9.30 Å². The van der Waals surface area contributed by atoms with E-state index in [-0.39, 0.29) is 18.1 Å². The summed E-state index contributed by atoms with van der Waals surface area (Å²) in [5, 5.41) is 0.568. The highest BCUT2D eigenvalue weighted by atomic mass is 35.5. The Balaban J connectivity index is 2.07. The lowest BCUT2D eigenvalue weighted by molar-refractivity contribution is -0.137. The summed E-state index contributed by atoms with van der Waals surface area (Å²) in [7, 11) is 1.61. The van der Waals surface area contributed by atoms with Gasteiger partial charge in [0, 0.05) is 28.3 Å². The van der Waals surface area contributed by atoms with E-state index in [9.17, 15) is 14.4 Å². The second kappa shape index (κ2) is 6.45. The van der Waals surface area contributed by atoms with Crippen molar-refractivity contribution in [2.75, 3.05) is 6.61 Å². The topological polar surface area (TPSA) is 65.4 Å². The number of carbonyl (C=O) groups is 3. The molecule has 1 aliphatic heterocycles. The minimum Gasteiger partial charge on any atom is -0.460 e. The number of thioether (sulfide) groups is 1. The Kier molecular flexibility index (Phi) is 4.51. The van der Waals surface area contributed by atoms with Gasteiger partial charge in [0.15, 0.2) is 0 Å². The van der Waals surface area contributed by atoms with Crippen molar-refractivity contribution in [2.45, 2.75) is 17.6 Å². The Morgan fingerprint density at radius 1 is 1.33 bits per heavy atom. The molecule has 124 valence electrons. The maximum atomic E-state index is 12.9. The maximum Gasteiger partial charge on any atom is 0.381 e. The summed E-state index contributed by atoms with van der Waals surface area (Å²) >= 11 is 7.48. The first-order valence-corrected chi connectivity index (χ1v) is 8.67. The molecular formula is C17H14ClNO4S. The molecule has 7 heteroatoms. The molecule has 0 amide bonds. The molecule has 1 aliphatic rings. The van der Waals surface area contributed by atoms with Crippen molar-refractivity contribution in [2.24, 2.45) is 7.05 Å². The first-order chi connectivity index (χ1) is 11.4. The molecule has 0 unspecified atom stereocenters. The minimum absolute atomic E-state index is 0.123. The van der Waals surface area contributed by atoms with Crippen molar-refractivity contribution >= 4 is 40.9 Å². The Labute approximate surface area is 147 Å². The van der Waals surface area contributed by atoms with Gasteiger partial charge in [0.05, 0.1) is 18.0 Å². The molecular weight excluding hydrogens is 350 g/mol. The SMILES string of the molecule is CCOC(=O)C(=O)c1cc2c(n1C)C(=O)c1ccc(Cl)cc1SC2. The number of aromatic nitrogens is 1. The average molecular weight is 364 g/mol. The predicted molar refractivity (Wildman–Crippen MR) is 90.8 cm³/mol. The molecule has 0 fully saturated rings. The fourth-order valence-electron chi connectivity index (χ4n) is 2.68. The predicted octanol–water partition coefficient (Wildman–Crippen LogP) is 3.26. The van der Waals surface area contributed by atoms with Gasteiger partial charge in [-0.1, -0.05) is 11.6 Å². The highest BCUT2D eigenvalue weighted by Gasteiger charge is 2.30. The molecule has 0 aliphatic carbocycles. The number of fused-ring (bicyclic) bond motifs is 2. The molecule has 2 heterocycles. The van der Waals surface area contributed by atoms with Crippen LogP contribution >= 0.6 is 23.4 Å². The number of esters is 1. The van der Waals surface area contributed by atoms with Gasteiger partial charge in [0.1, 0.15) is 0 Å². The monoisotopic (exact) mass is 363 g/mol. The van der Waals surface area contributed by atoms with Crippen LogP contribution in [0.25, 0.3) is 0 Å². The zero-order valence-corrected chi connectivity index (χ0v) is 14.7. The fourth-order valence-corrected chi connectivity index (χ4v) is 3.97. The smallest absolute Gasteiger partial charge is 0.381 e. The van der Waals surface area contributed by atoms with Gasteiger partial charge in [0.25, 0.3) is 5.78 Å². The van der Waals surface area contributed by atoms with Crippen molar-refractivity contribution in [3.63, 3.8) is 0 Å². The van der Waals surface area contributed by atoms with E-state index >= 15 is 0 Å². The molecule has 24 heavy (non-hydrogen) atoms. The molecule has 0 saturated heterocycles. The van der Waals surface area contributed by atoms with Crippen LogP contribution in [-0.2, 0) is 22.3 Å². The van der Waals surface area contributed by atoms with E-state index in [4.69, 9.17) is 16.3 Å². The quantitative estimate of drug-likeness (QED) is 0.475. The van der Waals surface area contributed by atoms with Crippen molar-refractivity contribution < 1.29 is 19.1 Å². The zero-order valence-electron chi connectivity index (χ0n) is 13.1. The Morgan fingerprint density at radius 3 is 2.79 bits per heavy atom. The number of hydrogen-bond donors (Lipinski definition) is 0. The fraction of sp³-hybridized carbons (Fsp3) is 0.235. The number of carbonyl (C=O) groups excluding carboxylic acids is 3. The van der Waals surface area contributed by atoms with E-state index < -0.39 is 11.8 Å². The molecule has 3 rings (SSSR count). The van der Waals surface area contributed by atoms with Crippen LogP contribution in [0.4, 0.5) is 0 Å². The molecule has 0 atom stereocenters. The van der Waals surface area contributed by atoms with E-state index in [1.807, 2.05) is 0 Å². The maximum absolute atomic E-state index is 12.9. The lowest BCUT2D eigenvalue weighted by atomic mass is 10.1. The van der Waals surface area contributed by atoms with Crippen LogP contribution in [0.5, 0.6) is 0 Å². The molecule has 2 aromatic rings. The largest absolute Gasteiger partial charge is 0.460 e. The van der Waals surface area contributed by atoms with Crippen LogP contribution in [0.1, 0.15) is 39.0 Å². The summed E-state index contributed by atoms with van der Waals surface area (Å²) in [6, 6.07) is 6.70. The van der Waals surface area contributed by atoms with Crippen LogP contribution in [0.15, 0.2) is 29.2 Å². The first kappa shape index (κ1) is 16.8. The van der Waals surface area contributed by atoms with Crippen LogP contribution in [-0.4, -0.2) is 28.7 Å². The summed E-state index contributed by atoms with van der Waals surface area (Å²) < 4.78 is 6.23. The second-order valence-corrected chi connectivity index (χ2v) is 6.72. The van der Waals surface area contributed by atoms with Crippen LogP contribution < -0.4 is 0 Å². The van der Waals surface area contributed by atoms with E-state index in [0.717, 1.165) is 4.90 Å². The molecule has 0 radical (unpaired) electrons. The van der Waals surface area contributed by atoms with Gasteiger partial charge in [-0.2, -0.15) is 0 Å². The number of benzene rings is 1. The number of rotatable bonds is 3. The minimum atomic E-state index is -0.916. The number of ether oxygens (including phenoxy) is 1. The third-order valence-electron chi connectivity index (χ3n) is 3.79. The molecule has 0 saturated carbocycles. The van der Waals surface area contributed by atoms with Crippen molar-refractivity contribution in [1.29, 1.82) is 0 Å². The van der Waals surface area contributed by atoms with Crippen molar-refractivity contribution in [3.8, 4) is 0 Å². The van der Waals surface area contributed by atoms with E-state index in [1.54, 1.807) is 38.2 Å². The Morgan fingerprint density at radius 2 is 2.08 bits per heavy atom. The van der Waals surface area contributed by atoms with Gasteiger partial charge >= 0.3 is 5.97 Å². The number of hydrogen-bond acceptors (Lipinski definition) is 5. The summed E-state index contributed by atoms with van der Waals surface area (Å²) in [6.45, 7) is 1.76. The number of ketones is 2. The lowest BCUT2D eigenvalue weighted by Crippen LogP contribution is -2.21. The highest BCUT2D eigenvalue weighted by molar-refractivity contribution is 7.98. The van der Waals surface area contributed by atoms with Gasteiger partial charge in [-0.05, 0) is 36.8 Å². The van der Waals surface area contributed by atoms with Gasteiger partial charge in [-0.15, -0.1) is 11.8 Å². The van der Waals surface area contributed by atoms with Crippen LogP contribution in [0.2, 0.25) is 5.02 Å². The zero-order chi connectivity index (χ0) is 17.4. The summed E-state index contributed by atoms with van der Waals surface area (Å²) in [5.41, 5.74) is 1.83. The average Bonchev–Trinajstić information content (AvgIpc) is 2.81. The molecule has 0 spiro atoms. The molecule has 5 nitrogen and oxygen atoms in total. The van der Waals surface area contributed by atoms with Crippen LogP contribution in [0.3, 0.4) is 0 Å². The Hall–Kier alpha value is -2.05. The highest BCUT2D eigenvalue weighted by Crippen LogP contribution is 2.36. The van der Waals surface area contributed by atoms with Gasteiger partial charge in [-0.3, -0.25) is 9.59 Å². The third kappa shape index (κ3) is 2.76. The second-order valence-electron chi connectivity index (χ2n) is 5.27. The van der Waals surface area contributed by atoms with Crippen molar-refractivity contribution in [1.82, 2.24) is 4.57 Å². The van der Waals surface area contributed by atoms with Crippen molar-refractivity contribution in [3.05, 3.63) is 51.8 Å². The van der Waals surface area contributed by atoms with Gasteiger partial charge in [-0.25, -0.2) is 4.79 Å². The standard InChI is InChI=1S/C17H14ClNO4S/c1-3-23-17(22)16(21)12-6-9-8-24-13-7-10(18)4-5-11(13)15(20)14(9)19(12)2/h4-7H,3,8H2,1-2H3. The lowest BCUT2D eigenvalue weighted by Gasteiger charge is -2.08. The normalized spacial score (nSPS) is 13.0. The number of Topliss-reactive ketones (excluding diaryl/α,β-unsaturated/α-hetero) is 1. The summed E-state index contributed by atoms with van der Waals surface area (Å²) in [6.07, 6.45) is 0. The third-order valence-corrected chi connectivity index (χ3v) is 5.13. The molecule has 0 N–H and O–H groups in total. The molecule has 0 bridgehead atoms. The van der Waals surface area contributed by atoms with E-state index in [1.165, 1.54) is 16.3 Å². The van der Waals surface area contributed by atoms with Crippen LogP contribution in [0, 0.1) is 0 Å². The van der Waals surface area contributed by atoms with E-state index in [2.05, 4.69) is 0 Å².